The molecule has 0 aliphatic carbocycles. The van der Waals surface area contributed by atoms with E-state index in [2.05, 4.69) is 6.58 Å². The topological polar surface area (TPSA) is 29.5 Å². The van der Waals surface area contributed by atoms with E-state index in [0.717, 1.165) is 5.56 Å². The van der Waals surface area contributed by atoms with Gasteiger partial charge in [-0.3, -0.25) is 0 Å². The van der Waals surface area contributed by atoms with Crippen molar-refractivity contribution in [2.24, 2.45) is 0 Å². The molecule has 0 aliphatic heterocycles. The minimum atomic E-state index is -3.43. The van der Waals surface area contributed by atoms with Crippen LogP contribution in [0.25, 0.3) is 0 Å². The lowest BCUT2D eigenvalue weighted by Crippen LogP contribution is -2.40. The molecule has 122 valence electrons. The summed E-state index contributed by atoms with van der Waals surface area (Å²) < 4.78 is 34.8. The van der Waals surface area contributed by atoms with E-state index < -0.39 is 18.1 Å². The normalized spacial score (nSPS) is 14.2. The molecule has 1 N–H and O–H groups in total. The quantitative estimate of drug-likeness (QED) is 0.725. The third-order valence-electron chi connectivity index (χ3n) is 3.55. The van der Waals surface area contributed by atoms with Crippen LogP contribution in [0.3, 0.4) is 0 Å². The van der Waals surface area contributed by atoms with Gasteiger partial charge in [0.2, 0.25) is 0 Å². The van der Waals surface area contributed by atoms with E-state index in [-0.39, 0.29) is 13.0 Å². The molecule has 2 nitrogen and oxygen atoms in total. The first-order valence-electron chi connectivity index (χ1n) is 7.43. The van der Waals surface area contributed by atoms with Gasteiger partial charge in [-0.05, 0) is 17.5 Å². The molecule has 0 saturated heterocycles. The fraction of sp³-hybridized carbons (Fsp3) is 0.263. The molecule has 0 saturated carbocycles. The summed E-state index contributed by atoms with van der Waals surface area (Å²) in [6.45, 7) is 3.44. The van der Waals surface area contributed by atoms with Crippen LogP contribution in [0.4, 0.5) is 8.78 Å². The number of hydrogen-bond donors (Lipinski definition) is 1. The van der Waals surface area contributed by atoms with Crippen molar-refractivity contribution in [1.82, 2.24) is 0 Å². The number of ether oxygens (including phenoxy) is 1. The van der Waals surface area contributed by atoms with Crippen molar-refractivity contribution in [1.29, 1.82) is 0 Å². The second-order valence-corrected chi connectivity index (χ2v) is 5.30. The predicted octanol–water partition coefficient (Wildman–Crippen LogP) is 4.52. The molecule has 0 heterocycles. The van der Waals surface area contributed by atoms with Gasteiger partial charge in [0.05, 0.1) is 6.61 Å². The van der Waals surface area contributed by atoms with Crippen LogP contribution in [0.15, 0.2) is 73.3 Å². The minimum absolute atomic E-state index is 0.0385. The van der Waals surface area contributed by atoms with Crippen LogP contribution in [0.1, 0.15) is 23.7 Å². The Morgan fingerprint density at radius 1 is 1.04 bits per heavy atom. The van der Waals surface area contributed by atoms with Crippen molar-refractivity contribution < 1.29 is 18.6 Å². The van der Waals surface area contributed by atoms with E-state index in [1.807, 2.05) is 18.2 Å². The monoisotopic (exact) mass is 318 g/mol. The number of hydrogen-bond acceptors (Lipinski definition) is 2. The van der Waals surface area contributed by atoms with Crippen LogP contribution in [-0.4, -0.2) is 17.1 Å². The second-order valence-electron chi connectivity index (χ2n) is 5.30. The van der Waals surface area contributed by atoms with Crippen LogP contribution < -0.4 is 0 Å². The lowest BCUT2D eigenvalue weighted by atomic mass is 9.97. The summed E-state index contributed by atoms with van der Waals surface area (Å²) in [5.74, 6) is -3.43. The van der Waals surface area contributed by atoms with Gasteiger partial charge in [0.1, 0.15) is 12.2 Å². The predicted molar refractivity (Wildman–Crippen MR) is 86.2 cm³/mol. The van der Waals surface area contributed by atoms with Crippen molar-refractivity contribution in [3.63, 3.8) is 0 Å². The summed E-state index contributed by atoms with van der Waals surface area (Å²) in [7, 11) is 0. The molecule has 0 spiro atoms. The largest absolute Gasteiger partial charge is 0.386 e. The van der Waals surface area contributed by atoms with E-state index in [9.17, 15) is 13.9 Å². The van der Waals surface area contributed by atoms with Crippen LogP contribution in [-0.2, 0) is 11.3 Å². The molecule has 2 aromatic rings. The smallest absolute Gasteiger partial charge is 0.303 e. The Bertz CT molecular complexity index is 599. The molecule has 2 rings (SSSR count). The Labute approximate surface area is 135 Å². The third kappa shape index (κ3) is 4.47. The van der Waals surface area contributed by atoms with Gasteiger partial charge in [-0.25, -0.2) is 8.78 Å². The number of aliphatic hydroxyl groups is 1. The Balaban J connectivity index is 2.23. The SMILES string of the molecule is C=CC[C@@H](O)C(F)(F)[C@H](OCc1ccccc1)c1ccccc1. The number of halogens is 2. The Morgan fingerprint density at radius 2 is 1.61 bits per heavy atom. The maximum Gasteiger partial charge on any atom is 0.303 e. The zero-order valence-corrected chi connectivity index (χ0v) is 12.7. The first-order chi connectivity index (χ1) is 11.1. The summed E-state index contributed by atoms with van der Waals surface area (Å²) in [6, 6.07) is 17.3. The lowest BCUT2D eigenvalue weighted by molar-refractivity contribution is -0.199. The maximum atomic E-state index is 14.6. The molecular formula is C19H20F2O2. The van der Waals surface area contributed by atoms with Crippen molar-refractivity contribution >= 4 is 0 Å². The Morgan fingerprint density at radius 3 is 2.17 bits per heavy atom. The van der Waals surface area contributed by atoms with Gasteiger partial charge in [0.25, 0.3) is 0 Å². The van der Waals surface area contributed by atoms with Gasteiger partial charge < -0.3 is 9.84 Å². The first kappa shape index (κ1) is 17.3. The summed E-state index contributed by atoms with van der Waals surface area (Å²) >= 11 is 0. The van der Waals surface area contributed by atoms with Gasteiger partial charge in [-0.2, -0.15) is 0 Å². The lowest BCUT2D eigenvalue weighted by Gasteiger charge is -2.30. The molecule has 0 unspecified atom stereocenters. The molecular weight excluding hydrogens is 298 g/mol. The molecule has 0 radical (unpaired) electrons. The maximum absolute atomic E-state index is 14.6. The van der Waals surface area contributed by atoms with Gasteiger partial charge >= 0.3 is 5.92 Å². The molecule has 0 amide bonds. The molecule has 4 heteroatoms. The minimum Gasteiger partial charge on any atom is -0.386 e. The van der Waals surface area contributed by atoms with Gasteiger partial charge in [0, 0.05) is 0 Å². The highest BCUT2D eigenvalue weighted by Crippen LogP contribution is 2.39. The van der Waals surface area contributed by atoms with E-state index in [4.69, 9.17) is 4.74 Å². The van der Waals surface area contributed by atoms with E-state index in [1.165, 1.54) is 6.08 Å². The van der Waals surface area contributed by atoms with Crippen LogP contribution in [0, 0.1) is 0 Å². The zero-order chi connectivity index (χ0) is 16.7. The summed E-state index contributed by atoms with van der Waals surface area (Å²) in [5, 5.41) is 9.80. The molecule has 2 aromatic carbocycles. The van der Waals surface area contributed by atoms with Gasteiger partial charge in [-0.1, -0.05) is 66.7 Å². The summed E-state index contributed by atoms with van der Waals surface area (Å²) in [5.41, 5.74) is 1.12. The van der Waals surface area contributed by atoms with Crippen LogP contribution in [0.5, 0.6) is 0 Å². The second kappa shape index (κ2) is 7.99. The average molecular weight is 318 g/mol. The van der Waals surface area contributed by atoms with Gasteiger partial charge in [0.15, 0.2) is 0 Å². The molecule has 23 heavy (non-hydrogen) atoms. The fourth-order valence-corrected chi connectivity index (χ4v) is 2.30. The zero-order valence-electron chi connectivity index (χ0n) is 12.7. The fourth-order valence-electron chi connectivity index (χ4n) is 2.30. The number of aliphatic hydroxyl groups excluding tert-OH is 1. The van der Waals surface area contributed by atoms with Crippen LogP contribution in [0.2, 0.25) is 0 Å². The number of rotatable bonds is 8. The molecule has 0 bridgehead atoms. The Kier molecular flexibility index (Phi) is 6.02. The molecule has 0 aromatic heterocycles. The highest BCUT2D eigenvalue weighted by atomic mass is 19.3. The molecule has 2 atom stereocenters. The highest BCUT2D eigenvalue weighted by molar-refractivity contribution is 5.21. The van der Waals surface area contributed by atoms with E-state index in [0.29, 0.717) is 5.56 Å². The van der Waals surface area contributed by atoms with Crippen molar-refractivity contribution in [3.8, 4) is 0 Å². The van der Waals surface area contributed by atoms with Crippen molar-refractivity contribution in [2.75, 3.05) is 0 Å². The third-order valence-corrected chi connectivity index (χ3v) is 3.55. The van der Waals surface area contributed by atoms with Gasteiger partial charge in [-0.15, -0.1) is 6.58 Å². The average Bonchev–Trinajstić information content (AvgIpc) is 2.57. The summed E-state index contributed by atoms with van der Waals surface area (Å²) in [4.78, 5) is 0. The molecule has 0 aliphatic rings. The van der Waals surface area contributed by atoms with Crippen molar-refractivity contribution in [3.05, 3.63) is 84.4 Å². The first-order valence-corrected chi connectivity index (χ1v) is 7.43. The van der Waals surface area contributed by atoms with Crippen molar-refractivity contribution in [2.45, 2.75) is 31.2 Å². The Hall–Kier alpha value is -2.04. The number of alkyl halides is 2. The summed E-state index contributed by atoms with van der Waals surface area (Å²) in [6.07, 6.45) is -2.30. The molecule has 0 fully saturated rings. The van der Waals surface area contributed by atoms with E-state index >= 15 is 0 Å². The van der Waals surface area contributed by atoms with E-state index in [1.54, 1.807) is 42.5 Å². The van der Waals surface area contributed by atoms with Crippen LogP contribution >= 0.6 is 0 Å². The highest BCUT2D eigenvalue weighted by Gasteiger charge is 2.47. The number of benzene rings is 2. The standard InChI is InChI=1S/C19H20F2O2/c1-2-9-17(22)19(20,21)18(16-12-7-4-8-13-16)23-14-15-10-5-3-6-11-15/h2-8,10-13,17-18,22H,1,9,14H2/t17-,18-/m1/s1.